The fourth-order valence-corrected chi connectivity index (χ4v) is 3.04. The molecule has 0 aromatic heterocycles. The molecule has 24 heavy (non-hydrogen) atoms. The highest BCUT2D eigenvalue weighted by Crippen LogP contribution is 2.38. The smallest absolute Gasteiger partial charge is 0.309 e. The molecule has 1 aliphatic heterocycles. The van der Waals surface area contributed by atoms with Crippen molar-refractivity contribution >= 4 is 11.8 Å². The van der Waals surface area contributed by atoms with Gasteiger partial charge in [0.1, 0.15) is 11.9 Å². The number of carbonyl (C=O) groups is 2. The Morgan fingerprint density at radius 1 is 1.12 bits per heavy atom. The summed E-state index contributed by atoms with van der Waals surface area (Å²) in [4.78, 5) is 23.6. The number of ether oxygens (including phenoxy) is 2. The molecule has 7 heteroatoms. The van der Waals surface area contributed by atoms with Crippen molar-refractivity contribution in [2.45, 2.75) is 44.1 Å². The van der Waals surface area contributed by atoms with Gasteiger partial charge in [-0.05, 0) is 30.5 Å². The van der Waals surface area contributed by atoms with E-state index in [-0.39, 0.29) is 25.0 Å². The first-order chi connectivity index (χ1) is 11.6. The van der Waals surface area contributed by atoms with Gasteiger partial charge in [0.25, 0.3) is 0 Å². The van der Waals surface area contributed by atoms with Crippen LogP contribution in [0.2, 0.25) is 0 Å². The van der Waals surface area contributed by atoms with Crippen LogP contribution in [-0.4, -0.2) is 36.9 Å². The lowest BCUT2D eigenvalue weighted by Crippen LogP contribution is -2.43. The number of nitrogens with one attached hydrogen (secondary N) is 2. The average molecular weight is 336 g/mol. The van der Waals surface area contributed by atoms with Crippen LogP contribution in [0.15, 0.2) is 24.3 Å². The van der Waals surface area contributed by atoms with E-state index in [0.717, 1.165) is 25.7 Å². The van der Waals surface area contributed by atoms with Crippen LogP contribution in [0.25, 0.3) is 0 Å². The van der Waals surface area contributed by atoms with Crippen LogP contribution in [-0.2, 0) is 25.6 Å². The summed E-state index contributed by atoms with van der Waals surface area (Å²) >= 11 is 0. The molecule has 1 aliphatic carbocycles. The normalized spacial score (nSPS) is 21.8. The molecule has 0 unspecified atom stereocenters. The molecule has 1 atom stereocenters. The summed E-state index contributed by atoms with van der Waals surface area (Å²) in [6, 6.07) is 5.71. The molecule has 1 heterocycles. The van der Waals surface area contributed by atoms with E-state index in [1.54, 1.807) is 12.1 Å². The van der Waals surface area contributed by atoms with Crippen molar-refractivity contribution in [3.63, 3.8) is 0 Å². The Kier molecular flexibility index (Phi) is 5.11. The minimum Gasteiger partial charge on any atom is -0.347 e. The van der Waals surface area contributed by atoms with Gasteiger partial charge in [0, 0.05) is 25.9 Å². The summed E-state index contributed by atoms with van der Waals surface area (Å²) in [5.41, 5.74) is 0.716. The van der Waals surface area contributed by atoms with Gasteiger partial charge in [0.05, 0.1) is 6.61 Å². The number of amides is 2. The first-order valence-electron chi connectivity index (χ1n) is 8.19. The molecule has 2 N–H and O–H groups in total. The molecule has 3 rings (SSSR count). The first-order valence-corrected chi connectivity index (χ1v) is 8.19. The summed E-state index contributed by atoms with van der Waals surface area (Å²) in [7, 11) is 0. The molecule has 130 valence electrons. The minimum atomic E-state index is -0.728. The lowest BCUT2D eigenvalue weighted by Gasteiger charge is -2.21. The van der Waals surface area contributed by atoms with Gasteiger partial charge < -0.3 is 20.1 Å². The number of hydrogen-bond acceptors (Lipinski definition) is 4. The van der Waals surface area contributed by atoms with E-state index in [9.17, 15) is 14.0 Å². The highest BCUT2D eigenvalue weighted by atomic mass is 19.1. The zero-order valence-electron chi connectivity index (χ0n) is 13.3. The van der Waals surface area contributed by atoms with Crippen LogP contribution in [0.1, 0.15) is 31.2 Å². The highest BCUT2D eigenvalue weighted by Gasteiger charge is 2.43. The third kappa shape index (κ3) is 4.10. The second kappa shape index (κ2) is 7.27. The van der Waals surface area contributed by atoms with E-state index in [0.29, 0.717) is 12.2 Å². The van der Waals surface area contributed by atoms with Crippen molar-refractivity contribution < 1.29 is 23.5 Å². The molecule has 2 aliphatic rings. The van der Waals surface area contributed by atoms with Gasteiger partial charge in [-0.3, -0.25) is 9.59 Å². The maximum Gasteiger partial charge on any atom is 0.309 e. The second-order valence-corrected chi connectivity index (χ2v) is 6.19. The van der Waals surface area contributed by atoms with E-state index in [4.69, 9.17) is 9.47 Å². The number of rotatable bonds is 4. The second-order valence-electron chi connectivity index (χ2n) is 6.19. The van der Waals surface area contributed by atoms with Crippen molar-refractivity contribution in [1.29, 1.82) is 0 Å². The van der Waals surface area contributed by atoms with Gasteiger partial charge in [0.15, 0.2) is 5.79 Å². The zero-order valence-corrected chi connectivity index (χ0v) is 13.3. The summed E-state index contributed by atoms with van der Waals surface area (Å²) in [5.74, 6) is -2.26. The molecule has 1 saturated heterocycles. The van der Waals surface area contributed by atoms with E-state index < -0.39 is 17.6 Å². The maximum absolute atomic E-state index is 12.8. The number of halogens is 1. The topological polar surface area (TPSA) is 76.7 Å². The Hall–Kier alpha value is -1.99. The Morgan fingerprint density at radius 3 is 2.50 bits per heavy atom. The molecule has 2 fully saturated rings. The third-order valence-corrected chi connectivity index (χ3v) is 4.34. The number of benzene rings is 1. The maximum atomic E-state index is 12.8. The molecule has 0 radical (unpaired) electrons. The van der Waals surface area contributed by atoms with Crippen LogP contribution in [0.4, 0.5) is 4.39 Å². The quantitative estimate of drug-likeness (QED) is 0.811. The standard InChI is InChI=1S/C17H21FN2O4/c18-13-5-3-12(4-6-13)9-19-15(21)16(22)20-10-14-11-23-17(24-14)7-1-2-8-17/h3-6,14H,1-2,7-11H2,(H,19,21)(H,20,22)/t14-/m1/s1. The van der Waals surface area contributed by atoms with Crippen molar-refractivity contribution in [1.82, 2.24) is 10.6 Å². The fraction of sp³-hybridized carbons (Fsp3) is 0.529. The van der Waals surface area contributed by atoms with Gasteiger partial charge >= 0.3 is 11.8 Å². The third-order valence-electron chi connectivity index (χ3n) is 4.34. The molecule has 1 aromatic rings. The molecule has 0 bridgehead atoms. The SMILES string of the molecule is O=C(NCc1ccc(F)cc1)C(=O)NC[C@@H]1COC2(CCCC2)O1. The Labute approximate surface area is 139 Å². The number of hydrogen-bond donors (Lipinski definition) is 2. The van der Waals surface area contributed by atoms with E-state index in [1.165, 1.54) is 12.1 Å². The monoisotopic (exact) mass is 336 g/mol. The zero-order chi connectivity index (χ0) is 17.0. The Bertz CT molecular complexity index is 599. The van der Waals surface area contributed by atoms with Crippen LogP contribution < -0.4 is 10.6 Å². The minimum absolute atomic E-state index is 0.165. The summed E-state index contributed by atoms with van der Waals surface area (Å²) < 4.78 is 24.4. The Morgan fingerprint density at radius 2 is 1.79 bits per heavy atom. The van der Waals surface area contributed by atoms with Crippen molar-refractivity contribution in [3.8, 4) is 0 Å². The van der Waals surface area contributed by atoms with Crippen LogP contribution in [0, 0.1) is 5.82 Å². The Balaban J connectivity index is 1.38. The van der Waals surface area contributed by atoms with Gasteiger partial charge in [-0.25, -0.2) is 4.39 Å². The lowest BCUT2D eigenvalue weighted by atomic mass is 10.2. The van der Waals surface area contributed by atoms with E-state index in [2.05, 4.69) is 10.6 Å². The van der Waals surface area contributed by atoms with Gasteiger partial charge in [-0.1, -0.05) is 12.1 Å². The molecule has 1 saturated carbocycles. The average Bonchev–Trinajstić information content (AvgIpc) is 3.22. The first kappa shape index (κ1) is 16.9. The van der Waals surface area contributed by atoms with E-state index in [1.807, 2.05) is 0 Å². The fourth-order valence-electron chi connectivity index (χ4n) is 3.04. The predicted octanol–water partition coefficient (Wildman–Crippen LogP) is 1.24. The highest BCUT2D eigenvalue weighted by molar-refractivity contribution is 6.35. The van der Waals surface area contributed by atoms with Gasteiger partial charge in [-0.2, -0.15) is 0 Å². The summed E-state index contributed by atoms with van der Waals surface area (Å²) in [5, 5.41) is 5.06. The van der Waals surface area contributed by atoms with Crippen LogP contribution in [0.5, 0.6) is 0 Å². The largest absolute Gasteiger partial charge is 0.347 e. The predicted molar refractivity (Wildman–Crippen MR) is 83.3 cm³/mol. The summed E-state index contributed by atoms with van der Waals surface area (Å²) in [6.07, 6.45) is 3.72. The van der Waals surface area contributed by atoms with Crippen LogP contribution >= 0.6 is 0 Å². The molecule has 1 aromatic carbocycles. The molecule has 2 amide bonds. The number of carbonyl (C=O) groups excluding carboxylic acids is 2. The molecule has 6 nitrogen and oxygen atoms in total. The van der Waals surface area contributed by atoms with Crippen molar-refractivity contribution in [3.05, 3.63) is 35.6 Å². The molecule has 1 spiro atoms. The van der Waals surface area contributed by atoms with E-state index >= 15 is 0 Å². The van der Waals surface area contributed by atoms with Crippen molar-refractivity contribution in [2.75, 3.05) is 13.2 Å². The van der Waals surface area contributed by atoms with Gasteiger partial charge in [-0.15, -0.1) is 0 Å². The van der Waals surface area contributed by atoms with Crippen LogP contribution in [0.3, 0.4) is 0 Å². The van der Waals surface area contributed by atoms with Crippen molar-refractivity contribution in [2.24, 2.45) is 0 Å². The summed E-state index contributed by atoms with van der Waals surface area (Å²) in [6.45, 7) is 0.834. The molecular formula is C17H21FN2O4. The van der Waals surface area contributed by atoms with Gasteiger partial charge in [0.2, 0.25) is 0 Å². The molecular weight excluding hydrogens is 315 g/mol. The lowest BCUT2D eigenvalue weighted by molar-refractivity contribution is -0.161.